The lowest BCUT2D eigenvalue weighted by Crippen LogP contribution is -2.38. The lowest BCUT2D eigenvalue weighted by atomic mass is 10.2. The minimum Gasteiger partial charge on any atom is -0.332 e. The van der Waals surface area contributed by atoms with Gasteiger partial charge in [-0.05, 0) is 39.7 Å². The van der Waals surface area contributed by atoms with Gasteiger partial charge < -0.3 is 4.90 Å². The van der Waals surface area contributed by atoms with E-state index >= 15 is 0 Å². The van der Waals surface area contributed by atoms with E-state index in [1.807, 2.05) is 30.4 Å². The summed E-state index contributed by atoms with van der Waals surface area (Å²) in [5, 5.41) is 4.50. The monoisotopic (exact) mass is 299 g/mol. The average Bonchev–Trinajstić information content (AvgIpc) is 3.06. The first-order valence-corrected chi connectivity index (χ1v) is 7.65. The van der Waals surface area contributed by atoms with E-state index in [-0.39, 0.29) is 11.9 Å². The maximum atomic E-state index is 12.6. The van der Waals surface area contributed by atoms with Crippen molar-refractivity contribution in [2.75, 3.05) is 6.54 Å². The van der Waals surface area contributed by atoms with Crippen molar-refractivity contribution in [3.63, 3.8) is 0 Å². The molecule has 1 atom stereocenters. The average molecular weight is 299 g/mol. The van der Waals surface area contributed by atoms with Gasteiger partial charge in [0.2, 0.25) is 0 Å². The van der Waals surface area contributed by atoms with Crippen molar-refractivity contribution in [2.45, 2.75) is 46.2 Å². The van der Waals surface area contributed by atoms with Crippen LogP contribution in [0.4, 0.5) is 0 Å². The number of hydrogen-bond donors (Lipinski definition) is 0. The molecule has 116 valence electrons. The Labute approximate surface area is 130 Å². The Kier molecular flexibility index (Phi) is 3.92. The number of aryl methyl sites for hydroxylation is 3. The Hall–Kier alpha value is -2.24. The quantitative estimate of drug-likeness (QED) is 0.868. The smallest absolute Gasteiger partial charge is 0.274 e. The van der Waals surface area contributed by atoms with Crippen molar-refractivity contribution < 1.29 is 4.79 Å². The van der Waals surface area contributed by atoms with Gasteiger partial charge in [-0.2, -0.15) is 5.10 Å². The molecule has 0 unspecified atom stereocenters. The van der Waals surface area contributed by atoms with Gasteiger partial charge in [0.05, 0.1) is 30.2 Å². The summed E-state index contributed by atoms with van der Waals surface area (Å²) in [5.41, 5.74) is 3.38. The number of aromatic nitrogens is 4. The minimum absolute atomic E-state index is 0.0310. The molecule has 0 aliphatic carbocycles. The summed E-state index contributed by atoms with van der Waals surface area (Å²) in [4.78, 5) is 22.9. The van der Waals surface area contributed by atoms with Crippen LogP contribution in [-0.2, 0) is 6.54 Å². The molecule has 3 rings (SSSR count). The summed E-state index contributed by atoms with van der Waals surface area (Å²) in [6, 6.07) is 2.24. The zero-order chi connectivity index (χ0) is 15.7. The van der Waals surface area contributed by atoms with Crippen molar-refractivity contribution in [1.29, 1.82) is 0 Å². The van der Waals surface area contributed by atoms with E-state index < -0.39 is 0 Å². The zero-order valence-corrected chi connectivity index (χ0v) is 13.3. The first kappa shape index (κ1) is 14.7. The third-order valence-electron chi connectivity index (χ3n) is 4.13. The fourth-order valence-corrected chi connectivity index (χ4v) is 3.00. The zero-order valence-electron chi connectivity index (χ0n) is 13.3. The first-order valence-electron chi connectivity index (χ1n) is 7.65. The predicted molar refractivity (Wildman–Crippen MR) is 82.5 cm³/mol. The van der Waals surface area contributed by atoms with Crippen molar-refractivity contribution in [1.82, 2.24) is 24.6 Å². The van der Waals surface area contributed by atoms with E-state index in [0.29, 0.717) is 5.69 Å². The molecule has 1 fully saturated rings. The van der Waals surface area contributed by atoms with Gasteiger partial charge in [-0.3, -0.25) is 14.5 Å². The standard InChI is InChI=1S/C16H21N5O/c1-11-7-13(3)21(19-11)10-14-5-4-6-20(14)16(22)15-9-17-12(2)8-18-15/h7-9,14H,4-6,10H2,1-3H3/t14-/m0/s1. The Morgan fingerprint density at radius 1 is 1.23 bits per heavy atom. The third-order valence-corrected chi connectivity index (χ3v) is 4.13. The van der Waals surface area contributed by atoms with Gasteiger partial charge in [0.1, 0.15) is 5.69 Å². The van der Waals surface area contributed by atoms with Gasteiger partial charge >= 0.3 is 0 Å². The number of hydrogen-bond acceptors (Lipinski definition) is 4. The fraction of sp³-hybridized carbons (Fsp3) is 0.500. The van der Waals surface area contributed by atoms with Crippen molar-refractivity contribution in [3.8, 4) is 0 Å². The second-order valence-corrected chi connectivity index (χ2v) is 5.95. The van der Waals surface area contributed by atoms with Gasteiger partial charge in [0, 0.05) is 18.4 Å². The van der Waals surface area contributed by atoms with Crippen LogP contribution in [0.15, 0.2) is 18.5 Å². The van der Waals surface area contributed by atoms with Gasteiger partial charge in [0.25, 0.3) is 5.91 Å². The highest BCUT2D eigenvalue weighted by Gasteiger charge is 2.30. The number of rotatable bonds is 3. The highest BCUT2D eigenvalue weighted by atomic mass is 16.2. The van der Waals surface area contributed by atoms with E-state index in [2.05, 4.69) is 21.1 Å². The molecule has 6 nitrogen and oxygen atoms in total. The molecule has 0 aromatic carbocycles. The molecule has 0 N–H and O–H groups in total. The second-order valence-electron chi connectivity index (χ2n) is 5.95. The van der Waals surface area contributed by atoms with Crippen molar-refractivity contribution in [3.05, 3.63) is 41.2 Å². The first-order chi connectivity index (χ1) is 10.5. The summed E-state index contributed by atoms with van der Waals surface area (Å²) >= 11 is 0. The van der Waals surface area contributed by atoms with Gasteiger partial charge in [-0.25, -0.2) is 4.98 Å². The third kappa shape index (κ3) is 2.86. The maximum absolute atomic E-state index is 12.6. The van der Waals surface area contributed by atoms with Crippen LogP contribution in [-0.4, -0.2) is 43.1 Å². The molecule has 0 bridgehead atoms. The number of amides is 1. The number of carbonyl (C=O) groups excluding carboxylic acids is 1. The largest absolute Gasteiger partial charge is 0.332 e. The molecule has 1 aliphatic heterocycles. The van der Waals surface area contributed by atoms with Crippen LogP contribution in [0.3, 0.4) is 0 Å². The number of carbonyl (C=O) groups is 1. The van der Waals surface area contributed by atoms with E-state index in [1.54, 1.807) is 12.4 Å². The van der Waals surface area contributed by atoms with Crippen LogP contribution in [0.25, 0.3) is 0 Å². The number of nitrogens with zero attached hydrogens (tertiary/aromatic N) is 5. The Morgan fingerprint density at radius 3 is 2.68 bits per heavy atom. The topological polar surface area (TPSA) is 63.9 Å². The summed E-state index contributed by atoms with van der Waals surface area (Å²) in [7, 11) is 0. The Morgan fingerprint density at radius 2 is 2.05 bits per heavy atom. The van der Waals surface area contributed by atoms with Gasteiger partial charge in [0.15, 0.2) is 0 Å². The maximum Gasteiger partial charge on any atom is 0.274 e. The van der Waals surface area contributed by atoms with Crippen LogP contribution in [0.5, 0.6) is 0 Å². The molecular weight excluding hydrogens is 278 g/mol. The van der Waals surface area contributed by atoms with Gasteiger partial charge in [-0.15, -0.1) is 0 Å². The molecule has 1 saturated heterocycles. The molecule has 22 heavy (non-hydrogen) atoms. The van der Waals surface area contributed by atoms with Crippen LogP contribution < -0.4 is 0 Å². The SMILES string of the molecule is Cc1cnc(C(=O)N2CCC[C@H]2Cn2nc(C)cc2C)cn1. The van der Waals surface area contributed by atoms with Crippen molar-refractivity contribution >= 4 is 5.91 Å². The predicted octanol–water partition coefficient (Wildman–Crippen LogP) is 1.90. The summed E-state index contributed by atoms with van der Waals surface area (Å²) in [6.07, 6.45) is 5.23. The lowest BCUT2D eigenvalue weighted by Gasteiger charge is -2.24. The molecule has 2 aromatic heterocycles. The van der Waals surface area contributed by atoms with E-state index in [1.165, 1.54) is 0 Å². The normalized spacial score (nSPS) is 18.0. The lowest BCUT2D eigenvalue weighted by molar-refractivity contribution is 0.0714. The van der Waals surface area contributed by atoms with Crippen molar-refractivity contribution in [2.24, 2.45) is 0 Å². The summed E-state index contributed by atoms with van der Waals surface area (Å²) < 4.78 is 1.99. The Bertz CT molecular complexity index is 676. The summed E-state index contributed by atoms with van der Waals surface area (Å²) in [6.45, 7) is 7.42. The van der Waals surface area contributed by atoms with Crippen LogP contribution in [0.2, 0.25) is 0 Å². The number of likely N-dealkylation sites (tertiary alicyclic amines) is 1. The molecule has 0 spiro atoms. The molecule has 0 saturated carbocycles. The van der Waals surface area contributed by atoms with E-state index in [0.717, 1.165) is 43.0 Å². The molecule has 0 radical (unpaired) electrons. The Balaban J connectivity index is 1.76. The molecule has 6 heteroatoms. The molecule has 2 aromatic rings. The van der Waals surface area contributed by atoms with Crippen LogP contribution >= 0.6 is 0 Å². The second kappa shape index (κ2) is 5.87. The molecule has 1 amide bonds. The van der Waals surface area contributed by atoms with Gasteiger partial charge in [-0.1, -0.05) is 0 Å². The van der Waals surface area contributed by atoms with E-state index in [4.69, 9.17) is 0 Å². The van der Waals surface area contributed by atoms with Crippen LogP contribution in [0, 0.1) is 20.8 Å². The van der Waals surface area contributed by atoms with E-state index in [9.17, 15) is 4.79 Å². The molecular formula is C16H21N5O. The highest BCUT2D eigenvalue weighted by molar-refractivity contribution is 5.92. The molecule has 3 heterocycles. The summed E-state index contributed by atoms with van der Waals surface area (Å²) in [5.74, 6) is -0.0310. The fourth-order valence-electron chi connectivity index (χ4n) is 3.00. The molecule has 1 aliphatic rings. The van der Waals surface area contributed by atoms with Crippen LogP contribution in [0.1, 0.15) is 40.4 Å². The highest BCUT2D eigenvalue weighted by Crippen LogP contribution is 2.21. The minimum atomic E-state index is -0.0310.